The molecule has 1 unspecified atom stereocenters. The number of anilines is 2. The Balaban J connectivity index is 1.24. The second kappa shape index (κ2) is 13.6. The Morgan fingerprint density at radius 3 is 2.62 bits per heavy atom. The summed E-state index contributed by atoms with van der Waals surface area (Å²) in [7, 11) is 1.56. The van der Waals surface area contributed by atoms with Crippen LogP contribution in [0.5, 0.6) is 11.5 Å². The Bertz CT molecular complexity index is 1530. The third-order valence-electron chi connectivity index (χ3n) is 7.31. The average molecular weight is 567 g/mol. The lowest BCUT2D eigenvalue weighted by atomic mass is 9.89. The van der Waals surface area contributed by atoms with Gasteiger partial charge in [0.05, 0.1) is 24.9 Å². The molecule has 2 aromatic heterocycles. The van der Waals surface area contributed by atoms with E-state index >= 15 is 0 Å². The van der Waals surface area contributed by atoms with Gasteiger partial charge in [-0.25, -0.2) is 19.6 Å². The number of rotatable bonds is 11. The number of nitrogens with one attached hydrogen (secondary N) is 2. The lowest BCUT2D eigenvalue weighted by Gasteiger charge is -2.21. The van der Waals surface area contributed by atoms with Crippen molar-refractivity contribution in [3.05, 3.63) is 72.6 Å². The van der Waals surface area contributed by atoms with E-state index in [1.807, 2.05) is 19.1 Å². The second-order valence-electron chi connectivity index (χ2n) is 10.4. The standard InChI is InChI=1S/C31H34N8O3/c1-21(18-39-20-33-19-37-39)42-28-12-23(8-9-25(28)14-32)26-16-35-31(36-17-26)38-27-11-10-24(13-29(27)41-2)30(40)34-15-22-6-4-3-5-7-22/h8-13,16-17,19-22H,3-7,15,18H2,1-2H3,(H,34,40)(H,35,36,38). The monoisotopic (exact) mass is 566 g/mol. The Morgan fingerprint density at radius 2 is 1.90 bits per heavy atom. The molecule has 0 bridgehead atoms. The van der Waals surface area contributed by atoms with E-state index in [0.717, 1.165) is 11.1 Å². The van der Waals surface area contributed by atoms with Crippen LogP contribution in [-0.2, 0) is 6.54 Å². The summed E-state index contributed by atoms with van der Waals surface area (Å²) in [5.74, 6) is 1.81. The summed E-state index contributed by atoms with van der Waals surface area (Å²) in [5.41, 5.74) is 3.19. The van der Waals surface area contributed by atoms with E-state index in [-0.39, 0.29) is 12.0 Å². The van der Waals surface area contributed by atoms with Crippen molar-refractivity contribution in [3.63, 3.8) is 0 Å². The number of nitriles is 1. The van der Waals surface area contributed by atoms with Crippen molar-refractivity contribution < 1.29 is 14.3 Å². The van der Waals surface area contributed by atoms with Crippen molar-refractivity contribution in [2.75, 3.05) is 19.0 Å². The third-order valence-corrected chi connectivity index (χ3v) is 7.31. The fraction of sp³-hybridized carbons (Fsp3) is 0.355. The molecule has 216 valence electrons. The van der Waals surface area contributed by atoms with Gasteiger partial charge in [-0.3, -0.25) is 4.79 Å². The topological polar surface area (TPSA) is 140 Å². The summed E-state index contributed by atoms with van der Waals surface area (Å²) in [6.45, 7) is 3.11. The number of ether oxygens (including phenoxy) is 2. The number of hydrogen-bond donors (Lipinski definition) is 2. The van der Waals surface area contributed by atoms with E-state index in [2.05, 4.69) is 36.8 Å². The molecule has 42 heavy (non-hydrogen) atoms. The highest BCUT2D eigenvalue weighted by molar-refractivity contribution is 5.95. The molecule has 1 aliphatic carbocycles. The number of benzene rings is 2. The molecule has 11 heteroatoms. The summed E-state index contributed by atoms with van der Waals surface area (Å²) < 4.78 is 13.3. The fourth-order valence-corrected chi connectivity index (χ4v) is 5.06. The summed E-state index contributed by atoms with van der Waals surface area (Å²) in [4.78, 5) is 25.6. The Kier molecular flexibility index (Phi) is 9.23. The number of hydrogen-bond acceptors (Lipinski definition) is 9. The van der Waals surface area contributed by atoms with Crippen LogP contribution in [0, 0.1) is 17.2 Å². The first-order valence-corrected chi connectivity index (χ1v) is 14.1. The fourth-order valence-electron chi connectivity index (χ4n) is 5.06. The van der Waals surface area contributed by atoms with Crippen molar-refractivity contribution in [2.45, 2.75) is 51.7 Å². The zero-order chi connectivity index (χ0) is 29.3. The van der Waals surface area contributed by atoms with E-state index in [9.17, 15) is 10.1 Å². The molecule has 2 aromatic carbocycles. The quantitative estimate of drug-likeness (QED) is 0.253. The molecular weight excluding hydrogens is 532 g/mol. The summed E-state index contributed by atoms with van der Waals surface area (Å²) in [6, 6.07) is 12.8. The molecule has 1 fully saturated rings. The van der Waals surface area contributed by atoms with Gasteiger partial charge >= 0.3 is 0 Å². The highest BCUT2D eigenvalue weighted by atomic mass is 16.5. The van der Waals surface area contributed by atoms with E-state index in [1.54, 1.807) is 54.8 Å². The number of carbonyl (C=O) groups is 1. The highest BCUT2D eigenvalue weighted by Crippen LogP contribution is 2.30. The maximum atomic E-state index is 12.7. The molecule has 11 nitrogen and oxygen atoms in total. The molecule has 2 N–H and O–H groups in total. The van der Waals surface area contributed by atoms with E-state index in [0.29, 0.717) is 53.3 Å². The first-order chi connectivity index (χ1) is 20.5. The van der Waals surface area contributed by atoms with Gasteiger partial charge in [0.1, 0.15) is 36.3 Å². The number of carbonyl (C=O) groups excluding carboxylic acids is 1. The van der Waals surface area contributed by atoms with Crippen LogP contribution in [0.1, 0.15) is 54.9 Å². The number of methoxy groups -OCH3 is 1. The third kappa shape index (κ3) is 7.20. The number of nitrogens with zero attached hydrogens (tertiary/aromatic N) is 6. The molecule has 0 saturated heterocycles. The van der Waals surface area contributed by atoms with Crippen LogP contribution in [0.25, 0.3) is 11.1 Å². The van der Waals surface area contributed by atoms with E-state index in [1.165, 1.54) is 38.4 Å². The lowest BCUT2D eigenvalue weighted by molar-refractivity contribution is 0.0943. The van der Waals surface area contributed by atoms with Crippen LogP contribution in [-0.4, -0.2) is 50.4 Å². The van der Waals surface area contributed by atoms with Gasteiger partial charge in [-0.2, -0.15) is 10.4 Å². The van der Waals surface area contributed by atoms with Crippen LogP contribution in [0.2, 0.25) is 0 Å². The summed E-state index contributed by atoms with van der Waals surface area (Å²) in [6.07, 6.45) is 12.4. The first-order valence-electron chi connectivity index (χ1n) is 14.1. The second-order valence-corrected chi connectivity index (χ2v) is 10.4. The van der Waals surface area contributed by atoms with Crippen molar-refractivity contribution in [2.24, 2.45) is 5.92 Å². The highest BCUT2D eigenvalue weighted by Gasteiger charge is 2.17. The summed E-state index contributed by atoms with van der Waals surface area (Å²) in [5, 5.41) is 19.9. The predicted molar refractivity (Wildman–Crippen MR) is 157 cm³/mol. The number of aromatic nitrogens is 5. The predicted octanol–water partition coefficient (Wildman–Crippen LogP) is 5.14. The van der Waals surface area contributed by atoms with Gasteiger partial charge in [0.15, 0.2) is 0 Å². The molecule has 1 saturated carbocycles. The van der Waals surface area contributed by atoms with E-state index in [4.69, 9.17) is 9.47 Å². The maximum absolute atomic E-state index is 12.7. The molecule has 5 rings (SSSR count). The van der Waals surface area contributed by atoms with Gasteiger partial charge < -0.3 is 20.1 Å². The summed E-state index contributed by atoms with van der Waals surface area (Å²) >= 11 is 0. The van der Waals surface area contributed by atoms with Gasteiger partial charge in [0.2, 0.25) is 5.95 Å². The van der Waals surface area contributed by atoms with Crippen LogP contribution in [0.4, 0.5) is 11.6 Å². The molecule has 0 spiro atoms. The normalized spacial score (nSPS) is 14.0. The molecule has 4 aromatic rings. The SMILES string of the molecule is COc1cc(C(=O)NCC2CCCCC2)ccc1Nc1ncc(-c2ccc(C#N)c(OC(C)Cn3cncn3)c2)cn1. The number of amides is 1. The van der Waals surface area contributed by atoms with Crippen molar-refractivity contribution in [3.8, 4) is 28.7 Å². The molecule has 0 aliphatic heterocycles. The Labute approximate surface area is 244 Å². The largest absolute Gasteiger partial charge is 0.495 e. The van der Waals surface area contributed by atoms with Crippen molar-refractivity contribution in [1.29, 1.82) is 5.26 Å². The van der Waals surface area contributed by atoms with Crippen molar-refractivity contribution >= 4 is 17.5 Å². The molecule has 2 heterocycles. The average Bonchev–Trinajstić information content (AvgIpc) is 3.54. The smallest absolute Gasteiger partial charge is 0.251 e. The molecular formula is C31H34N8O3. The zero-order valence-electron chi connectivity index (χ0n) is 23.8. The minimum absolute atomic E-state index is 0.107. The van der Waals surface area contributed by atoms with Gasteiger partial charge in [-0.05, 0) is 61.6 Å². The lowest BCUT2D eigenvalue weighted by Crippen LogP contribution is -2.30. The van der Waals surface area contributed by atoms with Crippen LogP contribution in [0.15, 0.2) is 61.4 Å². The molecule has 1 amide bonds. The zero-order valence-corrected chi connectivity index (χ0v) is 23.8. The van der Waals surface area contributed by atoms with E-state index < -0.39 is 0 Å². The molecule has 1 atom stereocenters. The molecule has 0 radical (unpaired) electrons. The molecule has 1 aliphatic rings. The van der Waals surface area contributed by atoms with Gasteiger partial charge in [0.25, 0.3) is 5.91 Å². The van der Waals surface area contributed by atoms with Crippen LogP contribution in [0.3, 0.4) is 0 Å². The first kappa shape index (κ1) is 28.5. The minimum Gasteiger partial charge on any atom is -0.495 e. The van der Waals surface area contributed by atoms with Gasteiger partial charge in [-0.15, -0.1) is 0 Å². The van der Waals surface area contributed by atoms with Gasteiger partial charge in [0, 0.05) is 30.1 Å². The Morgan fingerprint density at radius 1 is 1.10 bits per heavy atom. The minimum atomic E-state index is -0.235. The maximum Gasteiger partial charge on any atom is 0.251 e. The van der Waals surface area contributed by atoms with Crippen molar-refractivity contribution in [1.82, 2.24) is 30.0 Å². The van der Waals surface area contributed by atoms with Crippen LogP contribution < -0.4 is 20.1 Å². The van der Waals surface area contributed by atoms with Gasteiger partial charge in [-0.1, -0.05) is 25.3 Å². The Hall–Kier alpha value is -4.98. The van der Waals surface area contributed by atoms with Crippen LogP contribution >= 0.6 is 0 Å².